The van der Waals surface area contributed by atoms with Crippen LogP contribution >= 0.6 is 15.9 Å². The van der Waals surface area contributed by atoms with Crippen molar-refractivity contribution in [3.63, 3.8) is 0 Å². The number of aldehydes is 1. The molecule has 172 valence electrons. The monoisotopic (exact) mass is 496 g/mol. The smallest absolute Gasteiger partial charge is 0.255 e. The van der Waals surface area contributed by atoms with Crippen molar-refractivity contribution in [1.82, 2.24) is 10.6 Å². The molecule has 0 aromatic heterocycles. The second-order valence-corrected chi connectivity index (χ2v) is 7.09. The van der Waals surface area contributed by atoms with Gasteiger partial charge in [-0.1, -0.05) is 40.7 Å². The third-order valence-corrected chi connectivity index (χ3v) is 3.72. The Morgan fingerprint density at radius 1 is 1.29 bits per heavy atom. The van der Waals surface area contributed by atoms with Gasteiger partial charge >= 0.3 is 0 Å². The minimum absolute atomic E-state index is 0.0394. The number of halogens is 1. The predicted molar refractivity (Wildman–Crippen MR) is 128 cm³/mol. The summed E-state index contributed by atoms with van der Waals surface area (Å²) in [4.78, 5) is 33.5. The molecule has 0 aliphatic heterocycles. The molecule has 8 heteroatoms. The van der Waals surface area contributed by atoms with E-state index >= 15 is 0 Å². The lowest BCUT2D eigenvalue weighted by molar-refractivity contribution is -0.119. The summed E-state index contributed by atoms with van der Waals surface area (Å²) in [5.74, 6) is 0.618. The molecule has 1 aliphatic carbocycles. The largest absolute Gasteiger partial charge is 0.501 e. The molecule has 0 aromatic carbocycles. The van der Waals surface area contributed by atoms with Crippen LogP contribution in [0.1, 0.15) is 33.6 Å². The van der Waals surface area contributed by atoms with E-state index in [0.29, 0.717) is 36.0 Å². The van der Waals surface area contributed by atoms with Crippen molar-refractivity contribution in [3.05, 3.63) is 70.1 Å². The van der Waals surface area contributed by atoms with Gasteiger partial charge in [0.25, 0.3) is 5.91 Å². The molecule has 0 heterocycles. The molecule has 1 aliphatic rings. The maximum atomic E-state index is 12.4. The van der Waals surface area contributed by atoms with Crippen molar-refractivity contribution in [1.29, 1.82) is 0 Å². The molecule has 31 heavy (non-hydrogen) atoms. The topological polar surface area (TPSA) is 105 Å². The summed E-state index contributed by atoms with van der Waals surface area (Å²) in [7, 11) is 2.63. The normalized spacial score (nSPS) is 17.1. The van der Waals surface area contributed by atoms with Crippen LogP contribution in [0.15, 0.2) is 70.1 Å². The van der Waals surface area contributed by atoms with E-state index in [2.05, 4.69) is 33.1 Å². The van der Waals surface area contributed by atoms with Gasteiger partial charge in [-0.05, 0) is 43.0 Å². The van der Waals surface area contributed by atoms with Crippen molar-refractivity contribution < 1.29 is 24.2 Å². The van der Waals surface area contributed by atoms with Crippen LogP contribution < -0.4 is 10.6 Å². The molecule has 0 fully saturated rings. The molecular formula is C23H33BrN2O5. The van der Waals surface area contributed by atoms with Crippen LogP contribution in [0.3, 0.4) is 0 Å². The summed E-state index contributed by atoms with van der Waals surface area (Å²) in [5, 5.41) is 12.3. The van der Waals surface area contributed by atoms with Crippen LogP contribution in [0, 0.1) is 0 Å². The summed E-state index contributed by atoms with van der Waals surface area (Å²) < 4.78 is 5.97. The van der Waals surface area contributed by atoms with E-state index in [1.165, 1.54) is 13.0 Å². The Morgan fingerprint density at radius 3 is 2.35 bits per heavy atom. The average Bonchev–Trinajstić information content (AvgIpc) is 2.72. The third kappa shape index (κ3) is 14.8. The predicted octanol–water partition coefficient (Wildman–Crippen LogP) is 3.60. The standard InChI is InChI=1S/C18H20BrNO3.C4H9NO.CH4O/c1-4-17(15(12-21)11-13(2)19)20-18(22)14-7-5-9-16(23-3)10-6-8-14;1-3-5-4(2)6;1-2/h4-5,7-8,10-12H,1,6,9H2,2-3H3,(H,20,22);3H2,1-2H3,(H,5,6);2H,1H3/b7-5?,13-11+,14-8+,16-10+,17-15-;;. The van der Waals surface area contributed by atoms with Gasteiger partial charge in [-0.3, -0.25) is 14.4 Å². The Morgan fingerprint density at radius 2 is 1.94 bits per heavy atom. The molecule has 0 saturated heterocycles. The summed E-state index contributed by atoms with van der Waals surface area (Å²) in [6.07, 6.45) is 12.3. The summed E-state index contributed by atoms with van der Waals surface area (Å²) in [6.45, 7) is 9.57. The van der Waals surface area contributed by atoms with E-state index in [-0.39, 0.29) is 11.8 Å². The number of ether oxygens (including phenoxy) is 1. The first-order chi connectivity index (χ1) is 14.8. The summed E-state index contributed by atoms with van der Waals surface area (Å²) in [6, 6.07) is 0. The van der Waals surface area contributed by atoms with Crippen molar-refractivity contribution in [2.75, 3.05) is 20.8 Å². The van der Waals surface area contributed by atoms with Gasteiger partial charge in [-0.15, -0.1) is 0 Å². The number of aliphatic hydroxyl groups excluding tert-OH is 1. The molecule has 3 N–H and O–H groups in total. The van der Waals surface area contributed by atoms with Gasteiger partial charge in [-0.25, -0.2) is 0 Å². The molecule has 2 amide bonds. The van der Waals surface area contributed by atoms with Crippen LogP contribution in [0.5, 0.6) is 0 Å². The molecule has 0 saturated carbocycles. The first-order valence-corrected chi connectivity index (χ1v) is 10.3. The number of rotatable bonds is 7. The average molecular weight is 497 g/mol. The number of hydrogen-bond acceptors (Lipinski definition) is 5. The number of carbonyl (C=O) groups excluding carboxylic acids is 3. The van der Waals surface area contributed by atoms with Crippen LogP contribution in [0.25, 0.3) is 0 Å². The Kier molecular flexibility index (Phi) is 18.9. The van der Waals surface area contributed by atoms with E-state index in [0.717, 1.165) is 23.9 Å². The van der Waals surface area contributed by atoms with Gasteiger partial charge < -0.3 is 20.5 Å². The van der Waals surface area contributed by atoms with Crippen LogP contribution in [-0.4, -0.2) is 44.0 Å². The third-order valence-electron chi connectivity index (χ3n) is 3.49. The lowest BCUT2D eigenvalue weighted by atomic mass is 10.1. The fraction of sp³-hybridized carbons (Fsp3) is 0.348. The van der Waals surface area contributed by atoms with Crippen molar-refractivity contribution in [3.8, 4) is 0 Å². The molecule has 0 spiro atoms. The second-order valence-electron chi connectivity index (χ2n) is 5.84. The van der Waals surface area contributed by atoms with Gasteiger partial charge in [0, 0.05) is 38.1 Å². The van der Waals surface area contributed by atoms with Gasteiger partial charge in [-0.2, -0.15) is 0 Å². The van der Waals surface area contributed by atoms with Crippen molar-refractivity contribution >= 4 is 34.0 Å². The summed E-state index contributed by atoms with van der Waals surface area (Å²) >= 11 is 3.27. The van der Waals surface area contributed by atoms with Crippen LogP contribution in [0.2, 0.25) is 0 Å². The van der Waals surface area contributed by atoms with Crippen molar-refractivity contribution in [2.45, 2.75) is 33.6 Å². The number of aliphatic hydroxyl groups is 1. The zero-order chi connectivity index (χ0) is 24.2. The van der Waals surface area contributed by atoms with Crippen LogP contribution in [0.4, 0.5) is 0 Å². The first-order valence-electron chi connectivity index (χ1n) is 9.54. The molecular weight excluding hydrogens is 464 g/mol. The summed E-state index contributed by atoms with van der Waals surface area (Å²) in [5.41, 5.74) is 1.24. The highest BCUT2D eigenvalue weighted by Crippen LogP contribution is 2.14. The van der Waals surface area contributed by atoms with Gasteiger partial charge in [0.05, 0.1) is 18.6 Å². The molecule has 0 aromatic rings. The van der Waals surface area contributed by atoms with Crippen LogP contribution in [-0.2, 0) is 19.1 Å². The molecule has 0 unspecified atom stereocenters. The molecule has 0 atom stereocenters. The van der Waals surface area contributed by atoms with Crippen molar-refractivity contribution in [2.24, 2.45) is 0 Å². The number of carbonyl (C=O) groups is 3. The maximum Gasteiger partial charge on any atom is 0.255 e. The molecule has 7 nitrogen and oxygen atoms in total. The maximum absolute atomic E-state index is 12.4. The van der Waals surface area contributed by atoms with Gasteiger partial charge in [0.1, 0.15) is 0 Å². The van der Waals surface area contributed by atoms with E-state index < -0.39 is 0 Å². The SMILES string of the molecule is C=C/C(NC(=O)/C1=C/C/C=C(/OC)CC=C1)=C(C=O)\C=C(/C)Br.CCNC(C)=O.CO. The lowest BCUT2D eigenvalue weighted by Gasteiger charge is -2.10. The Labute approximate surface area is 193 Å². The first kappa shape index (κ1) is 30.5. The highest BCUT2D eigenvalue weighted by molar-refractivity contribution is 9.11. The Hall–Kier alpha value is -2.71. The van der Waals surface area contributed by atoms with E-state index in [1.807, 2.05) is 19.1 Å². The zero-order valence-electron chi connectivity index (χ0n) is 18.8. The number of allylic oxidation sites excluding steroid dienone is 7. The van der Waals surface area contributed by atoms with E-state index in [4.69, 9.17) is 9.84 Å². The quantitative estimate of drug-likeness (QED) is 0.283. The van der Waals surface area contributed by atoms with E-state index in [9.17, 15) is 14.4 Å². The van der Waals surface area contributed by atoms with Gasteiger partial charge in [0.15, 0.2) is 6.29 Å². The fourth-order valence-electron chi connectivity index (χ4n) is 2.18. The Bertz CT molecular complexity index is 758. The fourth-order valence-corrected chi connectivity index (χ4v) is 2.43. The zero-order valence-corrected chi connectivity index (χ0v) is 20.4. The molecule has 0 radical (unpaired) electrons. The second kappa shape index (κ2) is 19.3. The minimum Gasteiger partial charge on any atom is -0.501 e. The number of amides is 2. The molecule has 1 rings (SSSR count). The number of hydrogen-bond donors (Lipinski definition) is 3. The number of methoxy groups -OCH3 is 1. The van der Waals surface area contributed by atoms with E-state index in [1.54, 1.807) is 32.3 Å². The minimum atomic E-state index is -0.287. The Balaban J connectivity index is 0. The lowest BCUT2D eigenvalue weighted by Crippen LogP contribution is -2.24. The highest BCUT2D eigenvalue weighted by atomic mass is 79.9. The van der Waals surface area contributed by atoms with Gasteiger partial charge in [0.2, 0.25) is 5.91 Å². The number of nitrogens with one attached hydrogen (secondary N) is 2. The highest BCUT2D eigenvalue weighted by Gasteiger charge is 2.11. The molecule has 0 bridgehead atoms.